The van der Waals surface area contributed by atoms with E-state index in [1.807, 2.05) is 49.4 Å². The molecular formula is C23H22N6O4. The fourth-order valence-corrected chi connectivity index (χ4v) is 3.79. The van der Waals surface area contributed by atoms with Gasteiger partial charge < -0.3 is 20.1 Å². The molecule has 2 amide bonds. The van der Waals surface area contributed by atoms with E-state index < -0.39 is 0 Å². The standard InChI is InChI=1S/C23H22N6O4/c1-2-15-20(13-7-8-17-18(11-13)33-12-32-17)22(29-26-15)25-19(30)9-10-24-23(31)21-14-5-3-4-6-16(14)27-28-21/h3-8,11H,2,9-10,12H2,1H3,(H,24,31)(H,27,28)(H2,25,26,29,30). The highest BCUT2D eigenvalue weighted by Crippen LogP contribution is 2.39. The number of amides is 2. The summed E-state index contributed by atoms with van der Waals surface area (Å²) in [6, 6.07) is 13.0. The van der Waals surface area contributed by atoms with Gasteiger partial charge in [-0.2, -0.15) is 10.2 Å². The number of aryl methyl sites for hydroxylation is 1. The van der Waals surface area contributed by atoms with Crippen molar-refractivity contribution in [2.24, 2.45) is 0 Å². The number of H-pyrrole nitrogens is 2. The number of carbonyl (C=O) groups is 2. The number of nitrogens with one attached hydrogen (secondary N) is 4. The van der Waals surface area contributed by atoms with Gasteiger partial charge in [0.1, 0.15) is 0 Å². The third kappa shape index (κ3) is 3.98. The van der Waals surface area contributed by atoms with E-state index in [-0.39, 0.29) is 31.6 Å². The molecule has 0 fully saturated rings. The number of para-hydroxylation sites is 1. The lowest BCUT2D eigenvalue weighted by Crippen LogP contribution is -2.28. The van der Waals surface area contributed by atoms with Crippen LogP contribution in [0.5, 0.6) is 11.5 Å². The number of ether oxygens (including phenoxy) is 2. The fourth-order valence-electron chi connectivity index (χ4n) is 3.79. The average Bonchev–Trinajstić information content (AvgIpc) is 3.56. The largest absolute Gasteiger partial charge is 0.454 e. The molecule has 0 bridgehead atoms. The van der Waals surface area contributed by atoms with Crippen LogP contribution in [-0.4, -0.2) is 45.5 Å². The van der Waals surface area contributed by atoms with Gasteiger partial charge >= 0.3 is 0 Å². The first kappa shape index (κ1) is 20.6. The first-order chi connectivity index (χ1) is 16.1. The Bertz CT molecular complexity index is 1340. The van der Waals surface area contributed by atoms with Gasteiger partial charge in [0, 0.05) is 29.6 Å². The van der Waals surface area contributed by atoms with E-state index in [4.69, 9.17) is 9.47 Å². The van der Waals surface area contributed by atoms with Crippen LogP contribution in [0.25, 0.3) is 22.0 Å². The number of hydrogen-bond donors (Lipinski definition) is 4. The first-order valence-electron chi connectivity index (χ1n) is 10.6. The fraction of sp³-hybridized carbons (Fsp3) is 0.217. The first-order valence-corrected chi connectivity index (χ1v) is 10.6. The number of aromatic nitrogens is 4. The summed E-state index contributed by atoms with van der Waals surface area (Å²) in [7, 11) is 0. The van der Waals surface area contributed by atoms with Crippen LogP contribution in [0.3, 0.4) is 0 Å². The Balaban J connectivity index is 1.24. The lowest BCUT2D eigenvalue weighted by Gasteiger charge is -2.08. The SMILES string of the molecule is CCc1[nH]nc(NC(=O)CCNC(=O)c2n[nH]c3ccccc23)c1-c1ccc2c(c1)OCO2. The van der Waals surface area contributed by atoms with Gasteiger partial charge in [-0.15, -0.1) is 0 Å². The number of fused-ring (bicyclic) bond motifs is 2. The van der Waals surface area contributed by atoms with Crippen molar-refractivity contribution in [3.05, 3.63) is 53.9 Å². The van der Waals surface area contributed by atoms with Gasteiger partial charge in [-0.05, 0) is 30.2 Å². The number of anilines is 1. The Morgan fingerprint density at radius 1 is 1.06 bits per heavy atom. The second-order valence-corrected chi connectivity index (χ2v) is 7.52. The molecule has 0 saturated carbocycles. The summed E-state index contributed by atoms with van der Waals surface area (Å²) < 4.78 is 10.9. The Labute approximate surface area is 188 Å². The molecular weight excluding hydrogens is 424 g/mol. The number of nitrogens with zero attached hydrogens (tertiary/aromatic N) is 2. The van der Waals surface area contributed by atoms with Crippen LogP contribution in [0.4, 0.5) is 5.82 Å². The molecule has 0 atom stereocenters. The number of hydrogen-bond acceptors (Lipinski definition) is 6. The third-order valence-corrected chi connectivity index (χ3v) is 5.44. The van der Waals surface area contributed by atoms with Gasteiger partial charge in [-0.3, -0.25) is 19.8 Å². The van der Waals surface area contributed by atoms with E-state index in [0.717, 1.165) is 27.7 Å². The zero-order valence-electron chi connectivity index (χ0n) is 17.9. The molecule has 10 heteroatoms. The van der Waals surface area contributed by atoms with Crippen molar-refractivity contribution in [2.45, 2.75) is 19.8 Å². The molecule has 0 aliphatic carbocycles. The zero-order chi connectivity index (χ0) is 22.8. The highest BCUT2D eigenvalue weighted by molar-refractivity contribution is 6.04. The summed E-state index contributed by atoms with van der Waals surface area (Å²) >= 11 is 0. The minimum absolute atomic E-state index is 0.0863. The highest BCUT2D eigenvalue weighted by atomic mass is 16.7. The maximum Gasteiger partial charge on any atom is 0.272 e. The second-order valence-electron chi connectivity index (χ2n) is 7.52. The molecule has 168 valence electrons. The van der Waals surface area contributed by atoms with Gasteiger partial charge in [-0.25, -0.2) is 0 Å². The number of rotatable bonds is 7. The van der Waals surface area contributed by atoms with Crippen molar-refractivity contribution < 1.29 is 19.1 Å². The van der Waals surface area contributed by atoms with Gasteiger partial charge in [0.2, 0.25) is 12.7 Å². The van der Waals surface area contributed by atoms with Crippen molar-refractivity contribution in [3.63, 3.8) is 0 Å². The Kier molecular flexibility index (Phi) is 5.39. The van der Waals surface area contributed by atoms with Crippen molar-refractivity contribution in [2.75, 3.05) is 18.7 Å². The van der Waals surface area contributed by atoms with Crippen molar-refractivity contribution in [3.8, 4) is 22.6 Å². The summed E-state index contributed by atoms with van der Waals surface area (Å²) in [4.78, 5) is 25.0. The summed E-state index contributed by atoms with van der Waals surface area (Å²) in [5.41, 5.74) is 3.63. The summed E-state index contributed by atoms with van der Waals surface area (Å²) in [6.45, 7) is 2.36. The zero-order valence-corrected chi connectivity index (χ0v) is 17.9. The van der Waals surface area contributed by atoms with Crippen LogP contribution in [0.1, 0.15) is 29.5 Å². The van der Waals surface area contributed by atoms with E-state index in [0.29, 0.717) is 29.4 Å². The molecule has 4 N–H and O–H groups in total. The van der Waals surface area contributed by atoms with Crippen LogP contribution in [0.2, 0.25) is 0 Å². The Morgan fingerprint density at radius 2 is 1.91 bits per heavy atom. The minimum Gasteiger partial charge on any atom is -0.454 e. The predicted octanol–water partition coefficient (Wildman–Crippen LogP) is 3.00. The second kappa shape index (κ2) is 8.65. The molecule has 4 aromatic rings. The van der Waals surface area contributed by atoms with Crippen LogP contribution in [-0.2, 0) is 11.2 Å². The van der Waals surface area contributed by atoms with E-state index in [1.54, 1.807) is 0 Å². The van der Waals surface area contributed by atoms with Crippen molar-refractivity contribution in [1.82, 2.24) is 25.7 Å². The van der Waals surface area contributed by atoms with E-state index in [1.165, 1.54) is 0 Å². The Hall–Kier alpha value is -4.34. The topological polar surface area (TPSA) is 134 Å². The molecule has 33 heavy (non-hydrogen) atoms. The monoisotopic (exact) mass is 446 g/mol. The van der Waals surface area contributed by atoms with Gasteiger partial charge in [0.25, 0.3) is 5.91 Å². The summed E-state index contributed by atoms with van der Waals surface area (Å²) in [5, 5.41) is 20.5. The molecule has 0 radical (unpaired) electrons. The van der Waals surface area contributed by atoms with Gasteiger partial charge in [0.15, 0.2) is 23.0 Å². The molecule has 10 nitrogen and oxygen atoms in total. The number of aromatic amines is 2. The number of carbonyl (C=O) groups excluding carboxylic acids is 2. The quantitative estimate of drug-likeness (QED) is 0.345. The lowest BCUT2D eigenvalue weighted by atomic mass is 10.0. The molecule has 2 aromatic carbocycles. The smallest absolute Gasteiger partial charge is 0.272 e. The summed E-state index contributed by atoms with van der Waals surface area (Å²) in [6.07, 6.45) is 0.795. The normalized spacial score (nSPS) is 12.2. The molecule has 0 saturated heterocycles. The van der Waals surface area contributed by atoms with Crippen molar-refractivity contribution >= 4 is 28.5 Å². The summed E-state index contributed by atoms with van der Waals surface area (Å²) in [5.74, 6) is 1.17. The van der Waals surface area contributed by atoms with Crippen LogP contribution >= 0.6 is 0 Å². The molecule has 2 aromatic heterocycles. The maximum absolute atomic E-state index is 12.6. The number of benzene rings is 2. The average molecular weight is 446 g/mol. The van der Waals surface area contributed by atoms with Gasteiger partial charge in [-0.1, -0.05) is 31.2 Å². The Morgan fingerprint density at radius 3 is 2.79 bits per heavy atom. The third-order valence-electron chi connectivity index (χ3n) is 5.44. The van der Waals surface area contributed by atoms with Gasteiger partial charge in [0.05, 0.1) is 5.52 Å². The van der Waals surface area contributed by atoms with Crippen molar-refractivity contribution in [1.29, 1.82) is 0 Å². The van der Waals surface area contributed by atoms with E-state index in [9.17, 15) is 9.59 Å². The molecule has 5 rings (SSSR count). The van der Waals surface area contributed by atoms with Crippen LogP contribution < -0.4 is 20.1 Å². The molecule has 1 aliphatic rings. The van der Waals surface area contributed by atoms with E-state index in [2.05, 4.69) is 31.0 Å². The molecule has 0 unspecified atom stereocenters. The maximum atomic E-state index is 12.6. The van der Waals surface area contributed by atoms with Crippen LogP contribution in [0.15, 0.2) is 42.5 Å². The highest BCUT2D eigenvalue weighted by Gasteiger charge is 2.20. The van der Waals surface area contributed by atoms with E-state index >= 15 is 0 Å². The molecule has 0 spiro atoms. The lowest BCUT2D eigenvalue weighted by molar-refractivity contribution is -0.116. The molecule has 1 aliphatic heterocycles. The predicted molar refractivity (Wildman–Crippen MR) is 121 cm³/mol. The van der Waals surface area contributed by atoms with Crippen LogP contribution in [0, 0.1) is 0 Å². The molecule has 3 heterocycles. The minimum atomic E-state index is -0.339.